The Bertz CT molecular complexity index is 740. The summed E-state index contributed by atoms with van der Waals surface area (Å²) in [5.41, 5.74) is 4.53. The molecule has 0 spiro atoms. The van der Waals surface area contributed by atoms with Gasteiger partial charge in [0.25, 0.3) is 5.91 Å². The largest absolute Gasteiger partial charge is 0.350 e. The molecule has 0 aromatic heterocycles. The highest BCUT2D eigenvalue weighted by Crippen LogP contribution is 2.26. The van der Waals surface area contributed by atoms with Gasteiger partial charge in [-0.2, -0.15) is 0 Å². The predicted molar refractivity (Wildman–Crippen MR) is 114 cm³/mol. The zero-order valence-electron chi connectivity index (χ0n) is 17.7. The molecule has 0 bridgehead atoms. The monoisotopic (exact) mass is 366 g/mol. The number of carbonyl (C=O) groups excluding carboxylic acids is 1. The van der Waals surface area contributed by atoms with Crippen molar-refractivity contribution in [3.8, 4) is 0 Å². The first-order chi connectivity index (χ1) is 12.8. The Balaban J connectivity index is 2.18. The summed E-state index contributed by atoms with van der Waals surface area (Å²) in [6, 6.07) is 16.8. The normalized spacial score (nSPS) is 12.9. The summed E-state index contributed by atoms with van der Waals surface area (Å²) in [7, 11) is 0. The molecule has 146 valence electrons. The molecule has 0 heterocycles. The van der Waals surface area contributed by atoms with Crippen LogP contribution in [0.25, 0.3) is 0 Å². The van der Waals surface area contributed by atoms with Gasteiger partial charge in [-0.15, -0.1) is 0 Å². The third-order valence-electron chi connectivity index (χ3n) is 5.15. The Morgan fingerprint density at radius 3 is 2.19 bits per heavy atom. The van der Waals surface area contributed by atoms with E-state index >= 15 is 0 Å². The summed E-state index contributed by atoms with van der Waals surface area (Å²) in [5.74, 6) is -0.0119. The van der Waals surface area contributed by atoms with Crippen LogP contribution < -0.4 is 5.32 Å². The van der Waals surface area contributed by atoms with Gasteiger partial charge in [0.1, 0.15) is 0 Å². The van der Waals surface area contributed by atoms with Gasteiger partial charge in [-0.3, -0.25) is 9.69 Å². The van der Waals surface area contributed by atoms with Gasteiger partial charge >= 0.3 is 0 Å². The van der Waals surface area contributed by atoms with Crippen LogP contribution >= 0.6 is 0 Å². The van der Waals surface area contributed by atoms with Crippen LogP contribution in [0.4, 0.5) is 0 Å². The van der Waals surface area contributed by atoms with Crippen molar-refractivity contribution in [2.75, 3.05) is 19.6 Å². The Morgan fingerprint density at radius 1 is 1.04 bits per heavy atom. The fraction of sp³-hybridized carbons (Fsp3) is 0.458. The molecular formula is C24H34N2O. The van der Waals surface area contributed by atoms with Gasteiger partial charge in [0.2, 0.25) is 0 Å². The molecule has 0 fully saturated rings. The van der Waals surface area contributed by atoms with E-state index in [1.807, 2.05) is 31.2 Å². The second-order valence-electron chi connectivity index (χ2n) is 8.19. The number of benzene rings is 2. The van der Waals surface area contributed by atoms with Crippen LogP contribution in [0, 0.1) is 6.92 Å². The van der Waals surface area contributed by atoms with Crippen molar-refractivity contribution < 1.29 is 4.79 Å². The lowest BCUT2D eigenvalue weighted by atomic mass is 9.86. The number of nitrogens with one attached hydrogen (secondary N) is 1. The molecule has 0 aliphatic heterocycles. The second-order valence-corrected chi connectivity index (χ2v) is 8.19. The molecule has 0 aliphatic rings. The minimum atomic E-state index is -0.0119. The molecule has 2 rings (SSSR count). The van der Waals surface area contributed by atoms with Crippen molar-refractivity contribution in [1.82, 2.24) is 10.2 Å². The number of likely N-dealkylation sites (N-methyl/N-ethyl adjacent to an activating group) is 1. The molecule has 3 nitrogen and oxygen atoms in total. The molecule has 1 unspecified atom stereocenters. The lowest BCUT2D eigenvalue weighted by Gasteiger charge is -2.31. The summed E-state index contributed by atoms with van der Waals surface area (Å²) in [4.78, 5) is 15.0. The SMILES string of the molecule is CCN(CC)C(CNC(=O)c1cccc(C)c1)c1ccc(C(C)(C)C)cc1. The first kappa shape index (κ1) is 21.2. The number of carbonyl (C=O) groups is 1. The molecule has 1 amide bonds. The summed E-state index contributed by atoms with van der Waals surface area (Å²) in [6.45, 7) is 15.5. The Labute approximate surface area is 164 Å². The van der Waals surface area contributed by atoms with Crippen LogP contribution in [0.3, 0.4) is 0 Å². The van der Waals surface area contributed by atoms with Crippen LogP contribution in [-0.4, -0.2) is 30.4 Å². The number of rotatable bonds is 7. The zero-order chi connectivity index (χ0) is 20.0. The van der Waals surface area contributed by atoms with Gasteiger partial charge in [0.05, 0.1) is 6.04 Å². The predicted octanol–water partition coefficient (Wildman–Crippen LogP) is 5.11. The van der Waals surface area contributed by atoms with E-state index in [0.717, 1.165) is 24.2 Å². The van der Waals surface area contributed by atoms with E-state index in [2.05, 4.69) is 69.1 Å². The lowest BCUT2D eigenvalue weighted by molar-refractivity contribution is 0.0935. The summed E-state index contributed by atoms with van der Waals surface area (Å²) in [5, 5.41) is 3.14. The molecule has 0 radical (unpaired) electrons. The standard InChI is InChI=1S/C24H34N2O/c1-7-26(8-2)22(19-12-14-21(15-13-19)24(4,5)6)17-25-23(27)20-11-9-10-18(3)16-20/h9-16,22H,7-8,17H2,1-6H3,(H,25,27). The fourth-order valence-corrected chi connectivity index (χ4v) is 3.41. The highest BCUT2D eigenvalue weighted by atomic mass is 16.1. The van der Waals surface area contributed by atoms with E-state index in [1.54, 1.807) is 0 Å². The molecule has 3 heteroatoms. The number of hydrogen-bond acceptors (Lipinski definition) is 2. The molecule has 0 saturated heterocycles. The van der Waals surface area contributed by atoms with Gasteiger partial charge in [-0.25, -0.2) is 0 Å². The zero-order valence-corrected chi connectivity index (χ0v) is 17.7. The quantitative estimate of drug-likeness (QED) is 0.739. The minimum absolute atomic E-state index is 0.0119. The van der Waals surface area contributed by atoms with Crippen LogP contribution in [0.5, 0.6) is 0 Å². The first-order valence-electron chi connectivity index (χ1n) is 9.95. The van der Waals surface area contributed by atoms with Gasteiger partial charge in [0, 0.05) is 12.1 Å². The van der Waals surface area contributed by atoms with Crippen LogP contribution in [0.2, 0.25) is 0 Å². The number of aryl methyl sites for hydroxylation is 1. The number of nitrogens with zero attached hydrogens (tertiary/aromatic N) is 1. The van der Waals surface area contributed by atoms with Crippen LogP contribution in [0.1, 0.15) is 67.7 Å². The number of amides is 1. The van der Waals surface area contributed by atoms with E-state index in [1.165, 1.54) is 11.1 Å². The molecule has 27 heavy (non-hydrogen) atoms. The Hall–Kier alpha value is -2.13. The second kappa shape index (κ2) is 9.18. The third kappa shape index (κ3) is 5.67. The highest BCUT2D eigenvalue weighted by Gasteiger charge is 2.20. The Morgan fingerprint density at radius 2 is 1.67 bits per heavy atom. The average Bonchev–Trinajstić information content (AvgIpc) is 2.64. The maximum Gasteiger partial charge on any atom is 0.251 e. The first-order valence-corrected chi connectivity index (χ1v) is 9.95. The van der Waals surface area contributed by atoms with Gasteiger partial charge in [-0.05, 0) is 48.7 Å². The summed E-state index contributed by atoms with van der Waals surface area (Å²) < 4.78 is 0. The van der Waals surface area contributed by atoms with Gasteiger partial charge < -0.3 is 5.32 Å². The maximum atomic E-state index is 12.6. The van der Waals surface area contributed by atoms with E-state index in [4.69, 9.17) is 0 Å². The highest BCUT2D eigenvalue weighted by molar-refractivity contribution is 5.94. The molecular weight excluding hydrogens is 332 g/mol. The molecule has 2 aromatic rings. The fourth-order valence-electron chi connectivity index (χ4n) is 3.41. The van der Waals surface area contributed by atoms with Crippen LogP contribution in [-0.2, 0) is 5.41 Å². The van der Waals surface area contributed by atoms with E-state index in [-0.39, 0.29) is 17.4 Å². The maximum absolute atomic E-state index is 12.6. The summed E-state index contributed by atoms with van der Waals surface area (Å²) in [6.07, 6.45) is 0. The molecule has 1 atom stereocenters. The Kier molecular flexibility index (Phi) is 7.20. The average molecular weight is 367 g/mol. The van der Waals surface area contributed by atoms with Gasteiger partial charge in [0.15, 0.2) is 0 Å². The summed E-state index contributed by atoms with van der Waals surface area (Å²) >= 11 is 0. The van der Waals surface area contributed by atoms with Crippen molar-refractivity contribution in [1.29, 1.82) is 0 Å². The third-order valence-corrected chi connectivity index (χ3v) is 5.15. The molecule has 1 N–H and O–H groups in total. The van der Waals surface area contributed by atoms with E-state index in [9.17, 15) is 4.79 Å². The van der Waals surface area contributed by atoms with Crippen molar-refractivity contribution in [2.45, 2.75) is 53.0 Å². The number of hydrogen-bond donors (Lipinski definition) is 1. The van der Waals surface area contributed by atoms with E-state index in [0.29, 0.717) is 6.54 Å². The minimum Gasteiger partial charge on any atom is -0.350 e. The van der Waals surface area contributed by atoms with Crippen LogP contribution in [0.15, 0.2) is 48.5 Å². The molecule has 0 aliphatic carbocycles. The molecule has 0 saturated carbocycles. The molecule has 2 aromatic carbocycles. The van der Waals surface area contributed by atoms with E-state index < -0.39 is 0 Å². The smallest absolute Gasteiger partial charge is 0.251 e. The van der Waals surface area contributed by atoms with Crippen molar-refractivity contribution in [2.24, 2.45) is 0 Å². The van der Waals surface area contributed by atoms with Gasteiger partial charge in [-0.1, -0.05) is 76.6 Å². The topological polar surface area (TPSA) is 32.3 Å². The van der Waals surface area contributed by atoms with Crippen molar-refractivity contribution >= 4 is 5.91 Å². The van der Waals surface area contributed by atoms with Crippen molar-refractivity contribution in [3.63, 3.8) is 0 Å². The van der Waals surface area contributed by atoms with Crippen molar-refractivity contribution in [3.05, 3.63) is 70.8 Å². The lowest BCUT2D eigenvalue weighted by Crippen LogP contribution is -2.38.